The van der Waals surface area contributed by atoms with Crippen LogP contribution in [0.4, 0.5) is 15.8 Å². The van der Waals surface area contributed by atoms with Crippen LogP contribution in [0.25, 0.3) is 5.57 Å². The summed E-state index contributed by atoms with van der Waals surface area (Å²) in [7, 11) is 0. The number of amides is 1. The molecule has 0 radical (unpaired) electrons. The Bertz CT molecular complexity index is 1830. The fraction of sp³-hybridized carbons (Fsp3) is 0.194. The number of allylic oxidation sites excluding steroid dienone is 1. The van der Waals surface area contributed by atoms with Gasteiger partial charge in [-0.3, -0.25) is 14.4 Å². The summed E-state index contributed by atoms with van der Waals surface area (Å²) < 4.78 is 14.0. The number of nitrogens with zero attached hydrogens (tertiary/aromatic N) is 1. The zero-order chi connectivity index (χ0) is 29.3. The second-order valence-electron chi connectivity index (χ2n) is 11.6. The third-order valence-electron chi connectivity index (χ3n) is 9.15. The van der Waals surface area contributed by atoms with Crippen molar-refractivity contribution >= 4 is 34.4 Å². The molecular weight excluding hydrogens is 527 g/mol. The molecule has 0 saturated carbocycles. The fourth-order valence-electron chi connectivity index (χ4n) is 7.23. The van der Waals surface area contributed by atoms with Crippen LogP contribution in [0.1, 0.15) is 49.9 Å². The number of aryl methyl sites for hydroxylation is 2. The average Bonchev–Trinajstić information content (AvgIpc) is 3.45. The van der Waals surface area contributed by atoms with Crippen LogP contribution < -0.4 is 10.2 Å². The molecule has 3 aliphatic heterocycles. The number of Topliss-reactive ketones (excluding diaryl/α,β-unsaturated/α-hetero) is 2. The number of anilines is 2. The van der Waals surface area contributed by atoms with Crippen LogP contribution in [0.2, 0.25) is 0 Å². The highest BCUT2D eigenvalue weighted by Crippen LogP contribution is 2.58. The van der Waals surface area contributed by atoms with Crippen molar-refractivity contribution < 1.29 is 18.8 Å². The smallest absolute Gasteiger partial charge is 0.238 e. The number of ketones is 2. The van der Waals surface area contributed by atoms with Crippen LogP contribution in [0.3, 0.4) is 0 Å². The third kappa shape index (κ3) is 3.57. The number of benzene rings is 4. The summed E-state index contributed by atoms with van der Waals surface area (Å²) in [4.78, 5) is 45.9. The number of nitrogens with one attached hydrogen (secondary N) is 1. The van der Waals surface area contributed by atoms with E-state index in [1.165, 1.54) is 24.3 Å². The first kappa shape index (κ1) is 26.1. The average molecular weight is 557 g/mol. The predicted octanol–water partition coefficient (Wildman–Crippen LogP) is 6.69. The van der Waals surface area contributed by atoms with Gasteiger partial charge in [0.2, 0.25) is 5.91 Å². The lowest BCUT2D eigenvalue weighted by molar-refractivity contribution is -0.121. The molecule has 1 amide bonds. The third-order valence-corrected chi connectivity index (χ3v) is 9.15. The van der Waals surface area contributed by atoms with Gasteiger partial charge >= 0.3 is 0 Å². The van der Waals surface area contributed by atoms with Crippen molar-refractivity contribution in [2.24, 2.45) is 5.92 Å². The van der Waals surface area contributed by atoms with E-state index in [4.69, 9.17) is 0 Å². The van der Waals surface area contributed by atoms with E-state index in [0.29, 0.717) is 16.8 Å². The van der Waals surface area contributed by atoms with E-state index in [2.05, 4.69) is 11.4 Å². The monoisotopic (exact) mass is 556 g/mol. The Hall–Kier alpha value is -4.84. The molecule has 6 heteroatoms. The minimum absolute atomic E-state index is 0.242. The highest BCUT2D eigenvalue weighted by Gasteiger charge is 2.70. The number of hydrogen-bond donors (Lipinski definition) is 1. The van der Waals surface area contributed by atoms with Crippen molar-refractivity contribution in [1.82, 2.24) is 0 Å². The lowest BCUT2D eigenvalue weighted by Gasteiger charge is -2.39. The Morgan fingerprint density at radius 2 is 1.45 bits per heavy atom. The molecule has 4 atom stereocenters. The number of rotatable bonds is 4. The number of carbonyl (C=O) groups excluding carboxylic acids is 3. The second-order valence-corrected chi connectivity index (χ2v) is 11.6. The van der Waals surface area contributed by atoms with Crippen LogP contribution in [-0.2, 0) is 10.2 Å². The maximum Gasteiger partial charge on any atom is 0.238 e. The van der Waals surface area contributed by atoms with Crippen molar-refractivity contribution in [1.29, 1.82) is 0 Å². The normalized spacial score (nSPS) is 23.6. The maximum atomic E-state index is 14.8. The van der Waals surface area contributed by atoms with Gasteiger partial charge in [-0.05, 0) is 74.4 Å². The van der Waals surface area contributed by atoms with Crippen molar-refractivity contribution in [2.75, 3.05) is 10.2 Å². The molecule has 3 heterocycles. The molecule has 4 aromatic carbocycles. The Balaban J connectivity index is 1.55. The first-order valence-electron chi connectivity index (χ1n) is 14.1. The van der Waals surface area contributed by atoms with Crippen LogP contribution in [0.5, 0.6) is 0 Å². The molecule has 1 saturated heterocycles. The first-order chi connectivity index (χ1) is 20.2. The Morgan fingerprint density at radius 3 is 2.19 bits per heavy atom. The lowest BCUT2D eigenvalue weighted by atomic mass is 9.64. The van der Waals surface area contributed by atoms with Gasteiger partial charge in [0.05, 0.1) is 12.0 Å². The van der Waals surface area contributed by atoms with Crippen LogP contribution >= 0.6 is 0 Å². The van der Waals surface area contributed by atoms with E-state index in [1.54, 1.807) is 12.1 Å². The number of halogens is 1. The molecule has 0 unspecified atom stereocenters. The van der Waals surface area contributed by atoms with E-state index in [0.717, 1.165) is 28.0 Å². The molecule has 4 aromatic rings. The molecular formula is C36H29FN2O3. The first-order valence-corrected chi connectivity index (χ1v) is 14.1. The molecule has 7 rings (SSSR count). The van der Waals surface area contributed by atoms with Crippen LogP contribution in [0.15, 0.2) is 97.1 Å². The largest absolute Gasteiger partial charge is 0.352 e. The molecule has 1 fully saturated rings. The van der Waals surface area contributed by atoms with Gasteiger partial charge in [0.1, 0.15) is 17.3 Å². The van der Waals surface area contributed by atoms with E-state index in [-0.39, 0.29) is 23.0 Å². The molecule has 42 heavy (non-hydrogen) atoms. The van der Waals surface area contributed by atoms with Crippen molar-refractivity contribution in [3.8, 4) is 0 Å². The summed E-state index contributed by atoms with van der Waals surface area (Å²) >= 11 is 0. The summed E-state index contributed by atoms with van der Waals surface area (Å²) in [5.74, 6) is -2.50. The molecule has 0 bridgehead atoms. The van der Waals surface area contributed by atoms with E-state index in [9.17, 15) is 18.8 Å². The van der Waals surface area contributed by atoms with Gasteiger partial charge in [0.25, 0.3) is 0 Å². The molecule has 1 spiro atoms. The maximum absolute atomic E-state index is 14.8. The molecule has 5 nitrogen and oxygen atoms in total. The topological polar surface area (TPSA) is 66.5 Å². The van der Waals surface area contributed by atoms with Gasteiger partial charge < -0.3 is 10.2 Å². The van der Waals surface area contributed by atoms with Crippen molar-refractivity contribution in [3.05, 3.63) is 136 Å². The molecule has 3 aliphatic rings. The van der Waals surface area contributed by atoms with Gasteiger partial charge in [0, 0.05) is 28.1 Å². The molecule has 208 valence electrons. The number of para-hydroxylation sites is 1. The quantitative estimate of drug-likeness (QED) is 0.285. The number of fused-ring (bicyclic) bond motifs is 6. The predicted molar refractivity (Wildman–Crippen MR) is 161 cm³/mol. The van der Waals surface area contributed by atoms with E-state index in [1.807, 2.05) is 80.3 Å². The summed E-state index contributed by atoms with van der Waals surface area (Å²) in [6.07, 6.45) is 2.04. The Kier molecular flexibility index (Phi) is 5.80. The highest BCUT2D eigenvalue weighted by atomic mass is 19.1. The van der Waals surface area contributed by atoms with Gasteiger partial charge in [-0.1, -0.05) is 65.7 Å². The van der Waals surface area contributed by atoms with E-state index >= 15 is 0 Å². The van der Waals surface area contributed by atoms with Crippen molar-refractivity contribution in [3.63, 3.8) is 0 Å². The summed E-state index contributed by atoms with van der Waals surface area (Å²) in [6, 6.07) is 24.5. The zero-order valence-corrected chi connectivity index (χ0v) is 23.5. The minimum Gasteiger partial charge on any atom is -0.352 e. The Labute approximate surface area is 243 Å². The van der Waals surface area contributed by atoms with Crippen molar-refractivity contribution in [2.45, 2.75) is 38.3 Å². The minimum atomic E-state index is -1.41. The fourth-order valence-corrected chi connectivity index (χ4v) is 7.23. The van der Waals surface area contributed by atoms with Gasteiger partial charge in [-0.15, -0.1) is 0 Å². The number of carbonyl (C=O) groups is 3. The molecule has 0 aliphatic carbocycles. The SMILES string of the molecule is CC1=C[C@@H]2N(c3ccc(C)cc31)[C@H](C(=O)c1ccc(C)cc1)[C@H](C(=O)c1ccc(F)cc1)[C@@]21C(=O)Nc2ccccc21. The summed E-state index contributed by atoms with van der Waals surface area (Å²) in [5, 5.41) is 3.04. The van der Waals surface area contributed by atoms with Gasteiger partial charge in [-0.2, -0.15) is 0 Å². The van der Waals surface area contributed by atoms with Crippen LogP contribution in [-0.4, -0.2) is 29.6 Å². The van der Waals surface area contributed by atoms with Gasteiger partial charge in [-0.25, -0.2) is 4.39 Å². The molecule has 1 N–H and O–H groups in total. The summed E-state index contributed by atoms with van der Waals surface area (Å²) in [6.45, 7) is 5.97. The van der Waals surface area contributed by atoms with Gasteiger partial charge in [0.15, 0.2) is 11.6 Å². The lowest BCUT2D eigenvalue weighted by Crippen LogP contribution is -2.51. The zero-order valence-electron chi connectivity index (χ0n) is 23.5. The van der Waals surface area contributed by atoms with E-state index < -0.39 is 29.2 Å². The second kappa shape index (κ2) is 9.35. The highest BCUT2D eigenvalue weighted by molar-refractivity contribution is 6.18. The number of hydrogen-bond acceptors (Lipinski definition) is 4. The Morgan fingerprint density at radius 1 is 0.810 bits per heavy atom. The summed E-state index contributed by atoms with van der Waals surface area (Å²) in [5.41, 5.74) is 5.44. The standard InChI is InChI=1S/C36H29FN2O3/c1-20-8-11-24(12-9-20)34(41)32-31(33(40)23-13-15-25(37)16-14-23)36(27-6-4-5-7-28(27)38-35(36)42)30-19-22(3)26-18-21(2)10-17-29(26)39(30)32/h4-19,30-32H,1-3H3,(H,38,42)/t30-,31+,32-,36-/m0/s1. The molecule has 0 aromatic heterocycles. The van der Waals surface area contributed by atoms with Crippen LogP contribution in [0, 0.1) is 25.6 Å².